The number of hydrogen-bond acceptors (Lipinski definition) is 2. The van der Waals surface area contributed by atoms with E-state index in [1.54, 1.807) is 6.08 Å². The minimum Gasteiger partial charge on any atom is -0.464 e. The van der Waals surface area contributed by atoms with Crippen LogP contribution < -0.4 is 0 Å². The van der Waals surface area contributed by atoms with Crippen molar-refractivity contribution in [3.05, 3.63) is 11.6 Å². The fourth-order valence-corrected chi connectivity index (χ4v) is 0.645. The van der Waals surface area contributed by atoms with Gasteiger partial charge in [0.1, 0.15) is 12.5 Å². The first kappa shape index (κ1) is 5.63. The molecule has 0 amide bonds. The van der Waals surface area contributed by atoms with Gasteiger partial charge in [0.15, 0.2) is 0 Å². The van der Waals surface area contributed by atoms with Crippen molar-refractivity contribution in [3.8, 4) is 0 Å². The van der Waals surface area contributed by atoms with E-state index >= 15 is 0 Å². The molecule has 1 unspecified atom stereocenters. The van der Waals surface area contributed by atoms with E-state index in [0.717, 1.165) is 0 Å². The molecule has 0 saturated carbocycles. The molecule has 8 heavy (non-hydrogen) atoms. The molecule has 0 N–H and O–H groups in total. The van der Waals surface area contributed by atoms with Gasteiger partial charge >= 0.3 is 5.97 Å². The maximum atomic E-state index is 10.3. The smallest absolute Gasteiger partial charge is 0.316 e. The van der Waals surface area contributed by atoms with Gasteiger partial charge in [-0.3, -0.25) is 4.79 Å². The van der Waals surface area contributed by atoms with Gasteiger partial charge in [0.2, 0.25) is 0 Å². The first-order valence-electron chi connectivity index (χ1n) is 2.28. The molecule has 2 nitrogen and oxygen atoms in total. The number of halogens is 1. The Morgan fingerprint density at radius 3 is 2.75 bits per heavy atom. The Morgan fingerprint density at radius 2 is 2.62 bits per heavy atom. The number of rotatable bonds is 1. The van der Waals surface area contributed by atoms with Crippen molar-refractivity contribution in [2.75, 3.05) is 6.61 Å². The van der Waals surface area contributed by atoms with E-state index in [9.17, 15) is 4.79 Å². The average Bonchev–Trinajstić information content (AvgIpc) is 1.79. The van der Waals surface area contributed by atoms with E-state index in [1.807, 2.05) is 0 Å². The van der Waals surface area contributed by atoms with Gasteiger partial charge in [0, 0.05) is 5.54 Å². The van der Waals surface area contributed by atoms with Crippen LogP contribution >= 0.6 is 11.6 Å². The summed E-state index contributed by atoms with van der Waals surface area (Å²) in [7, 11) is 0. The highest BCUT2D eigenvalue weighted by atomic mass is 35.5. The predicted octanol–water partition coefficient (Wildman–Crippen LogP) is 0.912. The van der Waals surface area contributed by atoms with Crippen LogP contribution in [0.4, 0.5) is 0 Å². The first-order chi connectivity index (χ1) is 3.84. The van der Waals surface area contributed by atoms with Gasteiger partial charge in [-0.1, -0.05) is 17.7 Å². The largest absolute Gasteiger partial charge is 0.464 e. The molecule has 0 bridgehead atoms. The minimum atomic E-state index is -0.179. The molecule has 0 radical (unpaired) electrons. The molecule has 3 heteroatoms. The molecule has 0 aromatic carbocycles. The second-order valence-corrected chi connectivity index (χ2v) is 1.81. The summed E-state index contributed by atoms with van der Waals surface area (Å²) in [5.41, 5.74) is 1.34. The number of carbonyl (C=O) groups is 1. The van der Waals surface area contributed by atoms with Crippen LogP contribution in [0.2, 0.25) is 0 Å². The summed E-state index contributed by atoms with van der Waals surface area (Å²) in [4.78, 5) is 10.3. The van der Waals surface area contributed by atoms with E-state index in [0.29, 0.717) is 6.61 Å². The predicted molar refractivity (Wildman–Crippen MR) is 29.4 cm³/mol. The van der Waals surface area contributed by atoms with Crippen LogP contribution in [0.1, 0.15) is 0 Å². The zero-order valence-corrected chi connectivity index (χ0v) is 4.89. The average molecular weight is 133 g/mol. The minimum absolute atomic E-state index is 0.0764. The summed E-state index contributed by atoms with van der Waals surface area (Å²) < 4.78 is 4.45. The molecule has 1 rings (SSSR count). The lowest BCUT2D eigenvalue weighted by Crippen LogP contribution is -2.32. The van der Waals surface area contributed by atoms with Crippen LogP contribution in [0.25, 0.3) is 0 Å². The monoisotopic (exact) mass is 132 g/mol. The first-order valence-corrected chi connectivity index (χ1v) is 2.72. The third kappa shape index (κ3) is 0.842. The lowest BCUT2D eigenvalue weighted by atomic mass is 10.1. The second kappa shape index (κ2) is 2.18. The molecule has 0 spiro atoms. The molecule has 0 aromatic heterocycles. The van der Waals surface area contributed by atoms with Crippen molar-refractivity contribution in [3.63, 3.8) is 0 Å². The van der Waals surface area contributed by atoms with Gasteiger partial charge in [0.25, 0.3) is 0 Å². The van der Waals surface area contributed by atoms with Gasteiger partial charge in [0.05, 0.1) is 0 Å². The van der Waals surface area contributed by atoms with Crippen LogP contribution in [0.5, 0.6) is 0 Å². The highest BCUT2D eigenvalue weighted by molar-refractivity contribution is 6.25. The summed E-state index contributed by atoms with van der Waals surface area (Å²) in [5, 5.41) is 0. The summed E-state index contributed by atoms with van der Waals surface area (Å²) in [6.07, 6.45) is 1.62. The molecule has 0 aromatic rings. The van der Waals surface area contributed by atoms with Gasteiger partial charge < -0.3 is 4.74 Å². The summed E-state index contributed by atoms with van der Waals surface area (Å²) in [6.45, 7) is 0.488. The summed E-state index contributed by atoms with van der Waals surface area (Å²) >= 11 is 5.19. The molecule has 1 heterocycles. The second-order valence-electron chi connectivity index (χ2n) is 1.55. The Balaban J connectivity index is 2.38. The standard InChI is InChI=1S/C5H5ClO2/c6-2-1-4-3-8-5(4)7/h1-2,4H,3H2. The Bertz CT molecular complexity index is 130. The summed E-state index contributed by atoms with van der Waals surface area (Å²) in [5.74, 6) is -0.255. The molecular formula is C5H5ClO2. The maximum absolute atomic E-state index is 10.3. The Morgan fingerprint density at radius 1 is 1.88 bits per heavy atom. The fraction of sp³-hybridized carbons (Fsp3) is 0.400. The van der Waals surface area contributed by atoms with E-state index in [4.69, 9.17) is 11.6 Å². The molecule has 1 atom stereocenters. The summed E-state index contributed by atoms with van der Waals surface area (Å²) in [6, 6.07) is 0. The van der Waals surface area contributed by atoms with Gasteiger partial charge in [-0.2, -0.15) is 0 Å². The third-order valence-electron chi connectivity index (χ3n) is 1.01. The topological polar surface area (TPSA) is 26.3 Å². The van der Waals surface area contributed by atoms with Gasteiger partial charge in [-0.05, 0) is 0 Å². The molecule has 44 valence electrons. The van der Waals surface area contributed by atoms with Crippen molar-refractivity contribution in [1.29, 1.82) is 0 Å². The lowest BCUT2D eigenvalue weighted by Gasteiger charge is -2.20. The molecule has 1 fully saturated rings. The Kier molecular flexibility index (Phi) is 1.53. The molecule has 0 aliphatic carbocycles. The van der Waals surface area contributed by atoms with Crippen LogP contribution in [0, 0.1) is 5.92 Å². The van der Waals surface area contributed by atoms with Crippen LogP contribution in [-0.4, -0.2) is 12.6 Å². The normalized spacial score (nSPS) is 27.6. The number of cyclic esters (lactones) is 1. The Labute approximate surface area is 52.1 Å². The van der Waals surface area contributed by atoms with Crippen molar-refractivity contribution in [2.45, 2.75) is 0 Å². The third-order valence-corrected chi connectivity index (χ3v) is 1.16. The Hall–Kier alpha value is -0.500. The number of hydrogen-bond donors (Lipinski definition) is 0. The number of ether oxygens (including phenoxy) is 1. The maximum Gasteiger partial charge on any atom is 0.316 e. The quantitative estimate of drug-likeness (QED) is 0.496. The highest BCUT2D eigenvalue weighted by Gasteiger charge is 2.27. The van der Waals surface area contributed by atoms with Crippen LogP contribution in [-0.2, 0) is 9.53 Å². The number of esters is 1. The van der Waals surface area contributed by atoms with Crippen molar-refractivity contribution >= 4 is 17.6 Å². The van der Waals surface area contributed by atoms with Crippen LogP contribution in [0.3, 0.4) is 0 Å². The lowest BCUT2D eigenvalue weighted by molar-refractivity contribution is -0.164. The number of carbonyl (C=O) groups excluding carboxylic acids is 1. The molecular weight excluding hydrogens is 128 g/mol. The molecule has 1 aliphatic rings. The van der Waals surface area contributed by atoms with Crippen molar-refractivity contribution < 1.29 is 9.53 Å². The van der Waals surface area contributed by atoms with E-state index < -0.39 is 0 Å². The van der Waals surface area contributed by atoms with Crippen LogP contribution in [0.15, 0.2) is 11.6 Å². The zero-order valence-electron chi connectivity index (χ0n) is 4.13. The fourth-order valence-electron chi connectivity index (χ4n) is 0.470. The zero-order chi connectivity index (χ0) is 5.98. The van der Waals surface area contributed by atoms with E-state index in [1.165, 1.54) is 5.54 Å². The molecule has 1 aliphatic heterocycles. The van der Waals surface area contributed by atoms with E-state index in [2.05, 4.69) is 4.74 Å². The van der Waals surface area contributed by atoms with E-state index in [-0.39, 0.29) is 11.9 Å². The van der Waals surface area contributed by atoms with Crippen molar-refractivity contribution in [2.24, 2.45) is 5.92 Å². The SMILES string of the molecule is O=C1OCC1C=CCl. The highest BCUT2D eigenvalue weighted by Crippen LogP contribution is 2.13. The van der Waals surface area contributed by atoms with Gasteiger partial charge in [-0.25, -0.2) is 0 Å². The van der Waals surface area contributed by atoms with Gasteiger partial charge in [-0.15, -0.1) is 0 Å². The molecule has 1 saturated heterocycles. The van der Waals surface area contributed by atoms with Crippen molar-refractivity contribution in [1.82, 2.24) is 0 Å².